The first kappa shape index (κ1) is 26.7. The summed E-state index contributed by atoms with van der Waals surface area (Å²) in [5, 5.41) is 27.2. The average molecular weight is 510 g/mol. The van der Waals surface area contributed by atoms with Crippen LogP contribution in [-0.2, 0) is 6.54 Å². The van der Waals surface area contributed by atoms with Crippen molar-refractivity contribution in [2.45, 2.75) is 38.0 Å². The van der Waals surface area contributed by atoms with Crippen molar-refractivity contribution in [3.63, 3.8) is 0 Å². The zero-order valence-electron chi connectivity index (χ0n) is 18.8. The largest absolute Gasteiger partial charge is 0.394 e. The van der Waals surface area contributed by atoms with Gasteiger partial charge in [0.15, 0.2) is 17.5 Å². The van der Waals surface area contributed by atoms with Crippen LogP contribution in [0.1, 0.15) is 36.3 Å². The van der Waals surface area contributed by atoms with Gasteiger partial charge in [0.1, 0.15) is 23.5 Å². The van der Waals surface area contributed by atoms with Gasteiger partial charge >= 0.3 is 6.18 Å². The SMILES string of the molecule is N=C(/C=C(\NCc1ccccc1F)c1ccon1)c1ncc(F)c(NC(CO)CCCC(F)(F)F)n1. The van der Waals surface area contributed by atoms with Crippen molar-refractivity contribution in [1.82, 2.24) is 20.4 Å². The summed E-state index contributed by atoms with van der Waals surface area (Å²) in [6.45, 7) is -0.490. The molecule has 0 bridgehead atoms. The van der Waals surface area contributed by atoms with Crippen LogP contribution in [0.2, 0.25) is 0 Å². The van der Waals surface area contributed by atoms with E-state index in [0.29, 0.717) is 11.3 Å². The van der Waals surface area contributed by atoms with Crippen molar-refractivity contribution >= 4 is 17.2 Å². The summed E-state index contributed by atoms with van der Waals surface area (Å²) in [5.41, 5.74) is 0.680. The Morgan fingerprint density at radius 2 is 1.94 bits per heavy atom. The van der Waals surface area contributed by atoms with Gasteiger partial charge in [-0.05, 0) is 25.0 Å². The molecular formula is C23H23F5N6O2. The van der Waals surface area contributed by atoms with Crippen molar-refractivity contribution in [3.05, 3.63) is 77.6 Å². The highest BCUT2D eigenvalue weighted by Gasteiger charge is 2.27. The standard InChI is InChI=1S/C23H23F5N6O2/c24-16-6-2-1-4-14(16)11-30-20(19-7-9-36-34-19)10-18(29)22-31-12-17(25)21(33-22)32-15(13-35)5-3-8-23(26,27)28/h1-2,4,6-7,9-10,12,15,29-30,35H,3,5,8,11,13H2,(H,31,32,33)/b20-10-,29-18?. The van der Waals surface area contributed by atoms with Gasteiger partial charge in [0.25, 0.3) is 0 Å². The van der Waals surface area contributed by atoms with Crippen molar-refractivity contribution in [3.8, 4) is 0 Å². The van der Waals surface area contributed by atoms with Gasteiger partial charge < -0.3 is 20.3 Å². The predicted molar refractivity (Wildman–Crippen MR) is 121 cm³/mol. The van der Waals surface area contributed by atoms with E-state index < -0.39 is 36.9 Å². The molecule has 3 aromatic rings. The number of hydrogen-bond donors (Lipinski definition) is 4. The minimum atomic E-state index is -4.34. The fourth-order valence-electron chi connectivity index (χ4n) is 3.16. The van der Waals surface area contributed by atoms with Gasteiger partial charge in [-0.25, -0.2) is 18.7 Å². The van der Waals surface area contributed by atoms with Crippen LogP contribution < -0.4 is 10.6 Å². The molecule has 1 unspecified atom stereocenters. The Bertz CT molecular complexity index is 1180. The van der Waals surface area contributed by atoms with Gasteiger partial charge in [0.2, 0.25) is 0 Å². The Labute approximate surface area is 202 Å². The minimum absolute atomic E-state index is 0.0613. The average Bonchev–Trinajstić information content (AvgIpc) is 3.37. The first-order valence-corrected chi connectivity index (χ1v) is 10.8. The number of rotatable bonds is 12. The molecule has 0 spiro atoms. The van der Waals surface area contributed by atoms with Gasteiger partial charge in [-0.1, -0.05) is 23.4 Å². The summed E-state index contributed by atoms with van der Waals surface area (Å²) in [4.78, 5) is 7.75. The van der Waals surface area contributed by atoms with Crippen LogP contribution in [0.3, 0.4) is 0 Å². The lowest BCUT2D eigenvalue weighted by molar-refractivity contribution is -0.135. The molecule has 3 rings (SSSR count). The molecule has 1 atom stereocenters. The number of alkyl halides is 3. The number of benzene rings is 1. The number of nitrogens with zero attached hydrogens (tertiary/aromatic N) is 3. The summed E-state index contributed by atoms with van der Waals surface area (Å²) < 4.78 is 70.3. The normalized spacial score (nSPS) is 12.9. The van der Waals surface area contributed by atoms with Crippen LogP contribution in [0.4, 0.5) is 27.8 Å². The van der Waals surface area contributed by atoms with E-state index in [0.717, 1.165) is 6.20 Å². The van der Waals surface area contributed by atoms with Crippen LogP contribution in [0, 0.1) is 17.0 Å². The summed E-state index contributed by atoms with van der Waals surface area (Å²) >= 11 is 0. The Morgan fingerprint density at radius 1 is 1.17 bits per heavy atom. The maximum absolute atomic E-state index is 14.3. The summed E-state index contributed by atoms with van der Waals surface area (Å²) in [5.74, 6) is -1.91. The van der Waals surface area contributed by atoms with Crippen molar-refractivity contribution in [2.75, 3.05) is 11.9 Å². The van der Waals surface area contributed by atoms with Crippen LogP contribution in [0.5, 0.6) is 0 Å². The minimum Gasteiger partial charge on any atom is -0.394 e. The van der Waals surface area contributed by atoms with Gasteiger partial charge in [0, 0.05) is 24.6 Å². The van der Waals surface area contributed by atoms with Crippen LogP contribution in [0.15, 0.2) is 53.4 Å². The second kappa shape index (κ2) is 12.2. The molecule has 36 heavy (non-hydrogen) atoms. The van der Waals surface area contributed by atoms with E-state index in [-0.39, 0.29) is 42.4 Å². The lowest BCUT2D eigenvalue weighted by Crippen LogP contribution is -2.26. The van der Waals surface area contributed by atoms with Gasteiger partial charge in [-0.2, -0.15) is 13.2 Å². The molecule has 192 valence electrons. The molecule has 2 heterocycles. The third-order valence-corrected chi connectivity index (χ3v) is 4.99. The van der Waals surface area contributed by atoms with Crippen LogP contribution in [-0.4, -0.2) is 44.8 Å². The molecule has 0 aliphatic heterocycles. The second-order valence-corrected chi connectivity index (χ2v) is 7.72. The molecule has 0 aliphatic rings. The van der Waals surface area contributed by atoms with E-state index in [1.165, 1.54) is 24.5 Å². The molecular weight excluding hydrogens is 487 g/mol. The number of aliphatic hydroxyl groups excluding tert-OH is 1. The Morgan fingerprint density at radius 3 is 2.61 bits per heavy atom. The lowest BCUT2D eigenvalue weighted by Gasteiger charge is -2.18. The van der Waals surface area contributed by atoms with Gasteiger partial charge in [-0.15, -0.1) is 0 Å². The number of nitrogens with one attached hydrogen (secondary N) is 3. The van der Waals surface area contributed by atoms with E-state index in [4.69, 9.17) is 9.93 Å². The van der Waals surface area contributed by atoms with Gasteiger partial charge in [0.05, 0.1) is 24.5 Å². The number of hydrogen-bond acceptors (Lipinski definition) is 8. The van der Waals surface area contributed by atoms with E-state index in [1.54, 1.807) is 18.2 Å². The highest BCUT2D eigenvalue weighted by molar-refractivity contribution is 6.07. The van der Waals surface area contributed by atoms with Crippen molar-refractivity contribution < 1.29 is 31.6 Å². The maximum Gasteiger partial charge on any atom is 0.389 e. The molecule has 13 heteroatoms. The summed E-state index contributed by atoms with van der Waals surface area (Å²) in [7, 11) is 0. The number of halogens is 5. The lowest BCUT2D eigenvalue weighted by atomic mass is 10.1. The number of anilines is 1. The fraction of sp³-hybridized carbons (Fsp3) is 0.304. The van der Waals surface area contributed by atoms with Gasteiger partial charge in [-0.3, -0.25) is 5.41 Å². The molecule has 2 aromatic heterocycles. The fourth-order valence-corrected chi connectivity index (χ4v) is 3.16. The molecule has 1 aromatic carbocycles. The van der Waals surface area contributed by atoms with Crippen LogP contribution in [0.25, 0.3) is 5.70 Å². The molecule has 4 N–H and O–H groups in total. The number of allylic oxidation sites excluding steroid dienone is 1. The van der Waals surface area contributed by atoms with Crippen LogP contribution >= 0.6 is 0 Å². The molecule has 0 saturated heterocycles. The third-order valence-electron chi connectivity index (χ3n) is 4.99. The molecule has 0 aliphatic carbocycles. The maximum atomic E-state index is 14.3. The van der Waals surface area contributed by atoms with E-state index in [1.807, 2.05) is 0 Å². The first-order chi connectivity index (χ1) is 17.2. The number of aromatic nitrogens is 3. The van der Waals surface area contributed by atoms with E-state index >= 15 is 0 Å². The quantitative estimate of drug-likeness (QED) is 0.210. The van der Waals surface area contributed by atoms with E-state index in [9.17, 15) is 27.1 Å². The molecule has 8 nitrogen and oxygen atoms in total. The zero-order chi connectivity index (χ0) is 26.1. The molecule has 0 radical (unpaired) electrons. The Hall–Kier alpha value is -3.87. The summed E-state index contributed by atoms with van der Waals surface area (Å²) in [6, 6.07) is 6.74. The first-order valence-electron chi connectivity index (χ1n) is 10.8. The third kappa shape index (κ3) is 7.83. The highest BCUT2D eigenvalue weighted by Crippen LogP contribution is 2.23. The zero-order valence-corrected chi connectivity index (χ0v) is 18.8. The van der Waals surface area contributed by atoms with Crippen molar-refractivity contribution in [1.29, 1.82) is 5.41 Å². The molecule has 0 amide bonds. The molecule has 0 saturated carbocycles. The smallest absolute Gasteiger partial charge is 0.389 e. The Balaban J connectivity index is 1.76. The summed E-state index contributed by atoms with van der Waals surface area (Å²) in [6.07, 6.45) is -2.32. The number of aliphatic hydroxyl groups is 1. The van der Waals surface area contributed by atoms with Crippen molar-refractivity contribution in [2.24, 2.45) is 0 Å². The van der Waals surface area contributed by atoms with E-state index in [2.05, 4.69) is 25.8 Å². The molecule has 0 fully saturated rings. The Kier molecular flexibility index (Phi) is 9.06. The highest BCUT2D eigenvalue weighted by atomic mass is 19.4. The monoisotopic (exact) mass is 510 g/mol. The topological polar surface area (TPSA) is 120 Å². The predicted octanol–water partition coefficient (Wildman–Crippen LogP) is 4.45. The second-order valence-electron chi connectivity index (χ2n) is 7.72.